The Balaban J connectivity index is 0.00000361. The Kier molecular flexibility index (Phi) is 8.89. The van der Waals surface area contributed by atoms with Crippen molar-refractivity contribution in [2.75, 3.05) is 24.3 Å². The van der Waals surface area contributed by atoms with E-state index in [9.17, 15) is 18.0 Å². The number of halogens is 5. The van der Waals surface area contributed by atoms with Gasteiger partial charge >= 0.3 is 6.36 Å². The second-order valence-electron chi connectivity index (χ2n) is 8.64. The number of nitrogens with zero attached hydrogens (tertiary/aromatic N) is 3. The number of ether oxygens (including phenoxy) is 1. The van der Waals surface area contributed by atoms with Gasteiger partial charge in [0.1, 0.15) is 11.6 Å². The third-order valence-electron chi connectivity index (χ3n) is 5.82. The molecule has 2 aromatic carbocycles. The molecular formula is C24H26BrClF3N5O2. The predicted octanol–water partition coefficient (Wildman–Crippen LogP) is 5.93. The number of anilines is 2. The zero-order valence-electron chi connectivity index (χ0n) is 19.6. The number of carbonyl (C=O) groups excluding carboxylic acids is 1. The lowest BCUT2D eigenvalue weighted by Crippen LogP contribution is -2.40. The van der Waals surface area contributed by atoms with Crippen LogP contribution in [0.2, 0.25) is 0 Å². The van der Waals surface area contributed by atoms with E-state index in [-0.39, 0.29) is 30.1 Å². The number of benzene rings is 2. The minimum atomic E-state index is -4.89. The second kappa shape index (κ2) is 11.5. The lowest BCUT2D eigenvalue weighted by molar-refractivity contribution is -0.274. The molecule has 0 saturated heterocycles. The predicted molar refractivity (Wildman–Crippen MR) is 139 cm³/mol. The van der Waals surface area contributed by atoms with Crippen LogP contribution in [0.1, 0.15) is 36.0 Å². The number of nitrogens with one attached hydrogen (secondary N) is 2. The number of rotatable bonds is 6. The zero-order chi connectivity index (χ0) is 25.2. The van der Waals surface area contributed by atoms with Crippen LogP contribution in [0, 0.1) is 0 Å². The third kappa shape index (κ3) is 6.91. The van der Waals surface area contributed by atoms with Gasteiger partial charge in [0.15, 0.2) is 0 Å². The Hall–Kier alpha value is -2.79. The quantitative estimate of drug-likeness (QED) is 0.372. The highest BCUT2D eigenvalue weighted by atomic mass is 79.9. The number of alkyl halides is 3. The molecule has 4 rings (SSSR count). The van der Waals surface area contributed by atoms with Crippen molar-refractivity contribution in [3.63, 3.8) is 0 Å². The molecule has 7 nitrogen and oxygen atoms in total. The summed E-state index contributed by atoms with van der Waals surface area (Å²) in [5.41, 5.74) is 0.688. The molecule has 1 amide bonds. The molecule has 1 aliphatic carbocycles. The van der Waals surface area contributed by atoms with E-state index in [2.05, 4.69) is 41.3 Å². The van der Waals surface area contributed by atoms with Gasteiger partial charge in [0.25, 0.3) is 5.91 Å². The van der Waals surface area contributed by atoms with Crippen molar-refractivity contribution in [3.05, 3.63) is 52.5 Å². The minimum Gasteiger partial charge on any atom is -0.405 e. The monoisotopic (exact) mass is 587 g/mol. The summed E-state index contributed by atoms with van der Waals surface area (Å²) in [4.78, 5) is 24.0. The Morgan fingerprint density at radius 1 is 1.06 bits per heavy atom. The van der Waals surface area contributed by atoms with Gasteiger partial charge < -0.3 is 20.3 Å². The van der Waals surface area contributed by atoms with Gasteiger partial charge in [-0.2, -0.15) is 4.98 Å². The molecule has 194 valence electrons. The van der Waals surface area contributed by atoms with Gasteiger partial charge in [-0.25, -0.2) is 4.98 Å². The second-order valence-corrected chi connectivity index (χ2v) is 9.55. The van der Waals surface area contributed by atoms with Crippen LogP contribution in [0.3, 0.4) is 0 Å². The van der Waals surface area contributed by atoms with Crippen molar-refractivity contribution in [2.45, 2.75) is 44.1 Å². The highest BCUT2D eigenvalue weighted by Gasteiger charge is 2.33. The van der Waals surface area contributed by atoms with Gasteiger partial charge in [0, 0.05) is 36.0 Å². The van der Waals surface area contributed by atoms with Crippen molar-refractivity contribution >= 4 is 56.9 Å². The molecule has 0 bridgehead atoms. The molecule has 2 N–H and O–H groups in total. The topological polar surface area (TPSA) is 79.4 Å². The van der Waals surface area contributed by atoms with Crippen molar-refractivity contribution in [1.82, 2.24) is 15.3 Å². The van der Waals surface area contributed by atoms with Crippen LogP contribution < -0.4 is 20.3 Å². The maximum Gasteiger partial charge on any atom is 0.573 e. The summed E-state index contributed by atoms with van der Waals surface area (Å²) in [5, 5.41) is 7.22. The molecule has 1 heterocycles. The normalized spacial score (nSPS) is 17.7. The standard InChI is InChI=1S/C24H25BrF3N5O2.ClH/c1-33(2)21-17-5-3-4-6-19(17)31-23(32-21)30-16-10-8-15(9-11-16)29-22(34)18-12-7-14(25)13-20(18)35-24(26,27)28;/h3-7,12-13,15-16H,8-11H2,1-2H3,(H,29,34)(H,30,31,32);1H. The molecule has 0 spiro atoms. The molecule has 0 radical (unpaired) electrons. The van der Waals surface area contributed by atoms with Gasteiger partial charge in [-0.15, -0.1) is 25.6 Å². The molecule has 1 saturated carbocycles. The van der Waals surface area contributed by atoms with Gasteiger partial charge in [-0.05, 0) is 56.0 Å². The van der Waals surface area contributed by atoms with E-state index in [1.54, 1.807) is 0 Å². The first-order chi connectivity index (χ1) is 16.6. The summed E-state index contributed by atoms with van der Waals surface area (Å²) in [6.07, 6.45) is -2.04. The molecule has 0 aliphatic heterocycles. The van der Waals surface area contributed by atoms with Gasteiger partial charge in [0.2, 0.25) is 5.95 Å². The number of fused-ring (bicyclic) bond motifs is 1. The Morgan fingerprint density at radius 3 is 2.39 bits per heavy atom. The van der Waals surface area contributed by atoms with E-state index < -0.39 is 18.0 Å². The largest absolute Gasteiger partial charge is 0.573 e. The average molecular weight is 589 g/mol. The zero-order valence-corrected chi connectivity index (χ0v) is 22.0. The van der Waals surface area contributed by atoms with Crippen LogP contribution in [0.25, 0.3) is 10.9 Å². The van der Waals surface area contributed by atoms with E-state index in [0.29, 0.717) is 23.3 Å². The van der Waals surface area contributed by atoms with E-state index >= 15 is 0 Å². The van der Waals surface area contributed by atoms with E-state index in [0.717, 1.165) is 35.6 Å². The maximum atomic E-state index is 12.8. The maximum absolute atomic E-state index is 12.8. The van der Waals surface area contributed by atoms with Crippen molar-refractivity contribution in [2.24, 2.45) is 0 Å². The third-order valence-corrected chi connectivity index (χ3v) is 6.31. The number of amides is 1. The van der Waals surface area contributed by atoms with Crippen LogP contribution in [-0.4, -0.2) is 48.4 Å². The molecule has 12 heteroatoms. The summed E-state index contributed by atoms with van der Waals surface area (Å²) < 4.78 is 42.7. The fourth-order valence-corrected chi connectivity index (χ4v) is 4.53. The minimum absolute atomic E-state index is 0. The Bertz CT molecular complexity index is 1220. The fourth-order valence-electron chi connectivity index (χ4n) is 4.19. The number of aromatic nitrogens is 2. The van der Waals surface area contributed by atoms with Crippen LogP contribution >= 0.6 is 28.3 Å². The number of hydrogen-bond acceptors (Lipinski definition) is 6. The van der Waals surface area contributed by atoms with Crippen molar-refractivity contribution in [3.8, 4) is 5.75 Å². The summed E-state index contributed by atoms with van der Waals surface area (Å²) in [6, 6.07) is 11.7. The molecular weight excluding hydrogens is 563 g/mol. The molecule has 3 aromatic rings. The highest BCUT2D eigenvalue weighted by Crippen LogP contribution is 2.30. The number of para-hydroxylation sites is 1. The molecule has 1 aromatic heterocycles. The van der Waals surface area contributed by atoms with Crippen molar-refractivity contribution in [1.29, 1.82) is 0 Å². The molecule has 36 heavy (non-hydrogen) atoms. The number of carbonyl (C=O) groups is 1. The van der Waals surface area contributed by atoms with Gasteiger partial charge in [-0.3, -0.25) is 4.79 Å². The van der Waals surface area contributed by atoms with Crippen LogP contribution in [0.5, 0.6) is 5.75 Å². The van der Waals surface area contributed by atoms with Crippen molar-refractivity contribution < 1.29 is 22.7 Å². The summed E-state index contributed by atoms with van der Waals surface area (Å²) >= 11 is 3.11. The first-order valence-electron chi connectivity index (χ1n) is 11.2. The van der Waals surface area contributed by atoms with Crippen LogP contribution in [0.4, 0.5) is 24.9 Å². The molecule has 0 unspecified atom stereocenters. The first kappa shape index (κ1) is 27.8. The fraction of sp³-hybridized carbons (Fsp3) is 0.375. The Labute approximate surface area is 221 Å². The Morgan fingerprint density at radius 2 is 1.72 bits per heavy atom. The van der Waals surface area contributed by atoms with Crippen LogP contribution in [-0.2, 0) is 0 Å². The van der Waals surface area contributed by atoms with Gasteiger partial charge in [0.05, 0.1) is 11.1 Å². The summed E-state index contributed by atoms with van der Waals surface area (Å²) in [6.45, 7) is 0. The van der Waals surface area contributed by atoms with Crippen LogP contribution in [0.15, 0.2) is 46.9 Å². The lowest BCUT2D eigenvalue weighted by Gasteiger charge is -2.30. The molecule has 1 aliphatic rings. The van der Waals surface area contributed by atoms with Gasteiger partial charge in [-0.1, -0.05) is 28.1 Å². The lowest BCUT2D eigenvalue weighted by atomic mass is 9.91. The summed E-state index contributed by atoms with van der Waals surface area (Å²) in [7, 11) is 3.87. The molecule has 1 fully saturated rings. The van der Waals surface area contributed by atoms with E-state index in [1.807, 2.05) is 43.3 Å². The first-order valence-corrected chi connectivity index (χ1v) is 11.9. The molecule has 0 atom stereocenters. The average Bonchev–Trinajstić information content (AvgIpc) is 2.78. The highest BCUT2D eigenvalue weighted by molar-refractivity contribution is 9.10. The SMILES string of the molecule is CN(C)c1nc(NC2CCC(NC(=O)c3ccc(Br)cc3OC(F)(F)F)CC2)nc2ccccc12.Cl. The van der Waals surface area contributed by atoms with E-state index in [4.69, 9.17) is 0 Å². The number of hydrogen-bond donors (Lipinski definition) is 2. The smallest absolute Gasteiger partial charge is 0.405 e. The van der Waals surface area contributed by atoms with E-state index in [1.165, 1.54) is 12.1 Å². The summed E-state index contributed by atoms with van der Waals surface area (Å²) in [5.74, 6) is 0.237.